The lowest BCUT2D eigenvalue weighted by molar-refractivity contribution is 0.310. The molecule has 1 unspecified atom stereocenters. The van der Waals surface area contributed by atoms with Gasteiger partial charge in [0.15, 0.2) is 5.82 Å². The summed E-state index contributed by atoms with van der Waals surface area (Å²) >= 11 is 1.61. The quantitative estimate of drug-likeness (QED) is 0.899. The van der Waals surface area contributed by atoms with Crippen LogP contribution in [0.15, 0.2) is 9.90 Å². The summed E-state index contributed by atoms with van der Waals surface area (Å²) in [6.07, 6.45) is 1.60. The maximum Gasteiger partial charge on any atom is 0.243 e. The zero-order chi connectivity index (χ0) is 13.1. The molecular weight excluding hydrogens is 248 g/mol. The van der Waals surface area contributed by atoms with Gasteiger partial charge in [-0.1, -0.05) is 25.4 Å². The molecule has 2 heterocycles. The first-order valence-corrected chi connectivity index (χ1v) is 6.97. The van der Waals surface area contributed by atoms with E-state index in [-0.39, 0.29) is 6.04 Å². The van der Waals surface area contributed by atoms with Crippen molar-refractivity contribution in [3.63, 3.8) is 0 Å². The molecule has 2 rings (SSSR count). The zero-order valence-electron chi connectivity index (χ0n) is 10.9. The number of nitrogens with two attached hydrogens (primary N) is 1. The van der Waals surface area contributed by atoms with Crippen LogP contribution >= 0.6 is 11.3 Å². The molecule has 6 heteroatoms. The maximum absolute atomic E-state index is 6.05. The van der Waals surface area contributed by atoms with Crippen molar-refractivity contribution in [3.05, 3.63) is 27.8 Å². The first kappa shape index (κ1) is 13.2. The van der Waals surface area contributed by atoms with E-state index in [1.165, 1.54) is 0 Å². The third kappa shape index (κ3) is 2.94. The van der Waals surface area contributed by atoms with E-state index in [2.05, 4.69) is 29.0 Å². The second kappa shape index (κ2) is 5.58. The minimum absolute atomic E-state index is 0.186. The van der Waals surface area contributed by atoms with Crippen molar-refractivity contribution < 1.29 is 4.52 Å². The average molecular weight is 266 g/mol. The molecule has 0 bridgehead atoms. The Bertz CT molecular complexity index is 508. The van der Waals surface area contributed by atoms with Crippen LogP contribution in [0.25, 0.3) is 0 Å². The SMILES string of the molecule is CCC(C)[C@H](N)c1nc(Cc2nc(C)cs2)no1. The third-order valence-electron chi connectivity index (χ3n) is 3.00. The Labute approximate surface area is 110 Å². The Morgan fingerprint density at radius 1 is 1.44 bits per heavy atom. The molecule has 0 amide bonds. The molecule has 5 nitrogen and oxygen atoms in total. The molecule has 0 radical (unpaired) electrons. The fraction of sp³-hybridized carbons (Fsp3) is 0.583. The van der Waals surface area contributed by atoms with Crippen LogP contribution < -0.4 is 5.73 Å². The summed E-state index contributed by atoms with van der Waals surface area (Å²) in [6.45, 7) is 6.15. The van der Waals surface area contributed by atoms with Gasteiger partial charge in [-0.3, -0.25) is 0 Å². The Balaban J connectivity index is 2.06. The Kier molecular flexibility index (Phi) is 4.08. The van der Waals surface area contributed by atoms with E-state index in [1.807, 2.05) is 12.3 Å². The van der Waals surface area contributed by atoms with Crippen LogP contribution in [0.5, 0.6) is 0 Å². The lowest BCUT2D eigenvalue weighted by Crippen LogP contribution is -2.18. The van der Waals surface area contributed by atoms with Gasteiger partial charge in [0.1, 0.15) is 5.01 Å². The van der Waals surface area contributed by atoms with Crippen LogP contribution in [-0.4, -0.2) is 15.1 Å². The molecule has 18 heavy (non-hydrogen) atoms. The fourth-order valence-electron chi connectivity index (χ4n) is 1.59. The van der Waals surface area contributed by atoms with Gasteiger partial charge in [-0.05, 0) is 12.8 Å². The van der Waals surface area contributed by atoms with E-state index >= 15 is 0 Å². The van der Waals surface area contributed by atoms with Crippen molar-refractivity contribution in [2.75, 3.05) is 0 Å². The van der Waals surface area contributed by atoms with Gasteiger partial charge in [-0.2, -0.15) is 4.98 Å². The predicted octanol–water partition coefficient (Wildman–Crippen LogP) is 2.47. The van der Waals surface area contributed by atoms with Crippen LogP contribution in [0.4, 0.5) is 0 Å². The fourth-order valence-corrected chi connectivity index (χ4v) is 2.36. The van der Waals surface area contributed by atoms with E-state index in [0.717, 1.165) is 17.1 Å². The number of thiazole rings is 1. The summed E-state index contributed by atoms with van der Waals surface area (Å²) in [4.78, 5) is 8.72. The molecule has 0 spiro atoms. The van der Waals surface area contributed by atoms with Gasteiger partial charge < -0.3 is 10.3 Å². The van der Waals surface area contributed by atoms with Gasteiger partial charge in [0.25, 0.3) is 0 Å². The summed E-state index contributed by atoms with van der Waals surface area (Å²) in [5, 5.41) is 6.97. The maximum atomic E-state index is 6.05. The molecule has 0 aliphatic rings. The van der Waals surface area contributed by atoms with E-state index in [9.17, 15) is 0 Å². The van der Waals surface area contributed by atoms with Gasteiger partial charge in [0.2, 0.25) is 5.89 Å². The second-order valence-corrected chi connectivity index (χ2v) is 5.46. The van der Waals surface area contributed by atoms with Gasteiger partial charge in [-0.25, -0.2) is 4.98 Å². The molecule has 0 saturated carbocycles. The smallest absolute Gasteiger partial charge is 0.243 e. The molecule has 2 N–H and O–H groups in total. The van der Waals surface area contributed by atoms with E-state index in [4.69, 9.17) is 10.3 Å². The predicted molar refractivity (Wildman–Crippen MR) is 70.3 cm³/mol. The first-order valence-electron chi connectivity index (χ1n) is 6.09. The van der Waals surface area contributed by atoms with Gasteiger partial charge in [0.05, 0.1) is 12.5 Å². The Hall–Kier alpha value is -1.27. The highest BCUT2D eigenvalue weighted by Gasteiger charge is 2.20. The highest BCUT2D eigenvalue weighted by molar-refractivity contribution is 7.09. The lowest BCUT2D eigenvalue weighted by Gasteiger charge is -2.12. The van der Waals surface area contributed by atoms with Gasteiger partial charge in [0, 0.05) is 11.1 Å². The molecule has 2 atom stereocenters. The van der Waals surface area contributed by atoms with Crippen LogP contribution in [-0.2, 0) is 6.42 Å². The largest absolute Gasteiger partial charge is 0.338 e. The molecule has 0 aliphatic carbocycles. The minimum atomic E-state index is -0.186. The zero-order valence-corrected chi connectivity index (χ0v) is 11.7. The molecule has 0 aliphatic heterocycles. The minimum Gasteiger partial charge on any atom is -0.338 e. The number of nitrogens with zero attached hydrogens (tertiary/aromatic N) is 3. The average Bonchev–Trinajstić information content (AvgIpc) is 2.97. The number of hydrogen-bond donors (Lipinski definition) is 1. The Morgan fingerprint density at radius 3 is 2.83 bits per heavy atom. The summed E-state index contributed by atoms with van der Waals surface area (Å²) in [5.41, 5.74) is 7.07. The van der Waals surface area contributed by atoms with Crippen molar-refractivity contribution >= 4 is 11.3 Å². The summed E-state index contributed by atoms with van der Waals surface area (Å²) in [5.74, 6) is 1.51. The van der Waals surface area contributed by atoms with Crippen LogP contribution in [0.3, 0.4) is 0 Å². The summed E-state index contributed by atoms with van der Waals surface area (Å²) in [6, 6.07) is -0.186. The standard InChI is InChI=1S/C12H18N4OS/c1-4-7(2)11(13)12-15-9(16-17-12)5-10-14-8(3)6-18-10/h6-7,11H,4-5,13H2,1-3H3/t7?,11-/m0/s1. The molecule has 2 aromatic heterocycles. The topological polar surface area (TPSA) is 77.8 Å². The monoisotopic (exact) mass is 266 g/mol. The van der Waals surface area contributed by atoms with Crippen molar-refractivity contribution in [1.29, 1.82) is 0 Å². The van der Waals surface area contributed by atoms with Crippen molar-refractivity contribution in [3.8, 4) is 0 Å². The third-order valence-corrected chi connectivity index (χ3v) is 3.97. The summed E-state index contributed by atoms with van der Waals surface area (Å²) < 4.78 is 5.22. The highest BCUT2D eigenvalue weighted by Crippen LogP contribution is 2.21. The Morgan fingerprint density at radius 2 is 2.22 bits per heavy atom. The van der Waals surface area contributed by atoms with Crippen LogP contribution in [0, 0.1) is 12.8 Å². The second-order valence-electron chi connectivity index (χ2n) is 4.52. The van der Waals surface area contributed by atoms with E-state index in [0.29, 0.717) is 24.1 Å². The molecular formula is C12H18N4OS. The molecule has 98 valence electrons. The molecule has 0 saturated heterocycles. The first-order chi connectivity index (χ1) is 8.60. The molecule has 0 fully saturated rings. The van der Waals surface area contributed by atoms with Gasteiger partial charge >= 0.3 is 0 Å². The lowest BCUT2D eigenvalue weighted by atomic mass is 10.0. The molecule has 2 aromatic rings. The number of aromatic nitrogens is 3. The molecule has 0 aromatic carbocycles. The van der Waals surface area contributed by atoms with Gasteiger partial charge in [-0.15, -0.1) is 11.3 Å². The van der Waals surface area contributed by atoms with Crippen molar-refractivity contribution in [2.45, 2.75) is 39.7 Å². The van der Waals surface area contributed by atoms with Crippen LogP contribution in [0.2, 0.25) is 0 Å². The van der Waals surface area contributed by atoms with E-state index in [1.54, 1.807) is 11.3 Å². The van der Waals surface area contributed by atoms with E-state index < -0.39 is 0 Å². The summed E-state index contributed by atoms with van der Waals surface area (Å²) in [7, 11) is 0. The van der Waals surface area contributed by atoms with Crippen LogP contribution in [0.1, 0.15) is 48.7 Å². The number of hydrogen-bond acceptors (Lipinski definition) is 6. The number of aryl methyl sites for hydroxylation is 1. The highest BCUT2D eigenvalue weighted by atomic mass is 32.1. The normalized spacial score (nSPS) is 14.7. The number of rotatable bonds is 5. The van der Waals surface area contributed by atoms with Crippen molar-refractivity contribution in [1.82, 2.24) is 15.1 Å². The van der Waals surface area contributed by atoms with Crippen molar-refractivity contribution in [2.24, 2.45) is 11.7 Å².